The van der Waals surface area contributed by atoms with Crippen molar-refractivity contribution < 1.29 is 4.74 Å². The SMILES string of the molecule is COC1(C)CCN(c2ncc[nH]2)C1. The number of aromatic amines is 1. The maximum Gasteiger partial charge on any atom is 0.202 e. The van der Waals surface area contributed by atoms with Gasteiger partial charge in [-0.1, -0.05) is 0 Å². The van der Waals surface area contributed by atoms with Crippen molar-refractivity contribution in [2.45, 2.75) is 18.9 Å². The number of aromatic nitrogens is 2. The van der Waals surface area contributed by atoms with Crippen molar-refractivity contribution in [2.75, 3.05) is 25.1 Å². The van der Waals surface area contributed by atoms with Crippen LogP contribution in [0.3, 0.4) is 0 Å². The summed E-state index contributed by atoms with van der Waals surface area (Å²) >= 11 is 0. The van der Waals surface area contributed by atoms with E-state index in [-0.39, 0.29) is 5.60 Å². The van der Waals surface area contributed by atoms with E-state index < -0.39 is 0 Å². The molecule has 0 aromatic carbocycles. The average Bonchev–Trinajstić information content (AvgIpc) is 2.73. The Bertz CT molecular complexity index is 272. The van der Waals surface area contributed by atoms with Crippen molar-refractivity contribution in [3.8, 4) is 0 Å². The second-order valence-electron chi connectivity index (χ2n) is 3.74. The molecule has 2 heterocycles. The Balaban J connectivity index is 2.07. The first-order valence-electron chi connectivity index (χ1n) is 4.53. The maximum atomic E-state index is 5.44. The predicted octanol–water partition coefficient (Wildman–Crippen LogP) is 1.02. The summed E-state index contributed by atoms with van der Waals surface area (Å²) in [6.07, 6.45) is 4.68. The fourth-order valence-corrected chi connectivity index (χ4v) is 1.71. The fraction of sp³-hybridized carbons (Fsp3) is 0.667. The molecule has 1 unspecified atom stereocenters. The van der Waals surface area contributed by atoms with Crippen molar-refractivity contribution in [3.05, 3.63) is 12.4 Å². The summed E-state index contributed by atoms with van der Waals surface area (Å²) in [6, 6.07) is 0. The zero-order chi connectivity index (χ0) is 9.31. The van der Waals surface area contributed by atoms with Crippen LogP contribution in [0.1, 0.15) is 13.3 Å². The maximum absolute atomic E-state index is 5.44. The lowest BCUT2D eigenvalue weighted by Gasteiger charge is -2.22. The zero-order valence-corrected chi connectivity index (χ0v) is 8.08. The molecule has 1 saturated heterocycles. The molecule has 1 aliphatic rings. The molecule has 4 heteroatoms. The molecule has 0 amide bonds. The average molecular weight is 181 g/mol. The molecule has 72 valence electrons. The number of nitrogens with one attached hydrogen (secondary N) is 1. The molecule has 1 fully saturated rings. The first kappa shape index (κ1) is 8.56. The Morgan fingerprint density at radius 2 is 2.54 bits per heavy atom. The van der Waals surface area contributed by atoms with Crippen LogP contribution in [0.4, 0.5) is 5.95 Å². The van der Waals surface area contributed by atoms with Gasteiger partial charge in [0.25, 0.3) is 0 Å². The van der Waals surface area contributed by atoms with Crippen LogP contribution < -0.4 is 4.90 Å². The summed E-state index contributed by atoms with van der Waals surface area (Å²) in [5, 5.41) is 0. The van der Waals surface area contributed by atoms with Gasteiger partial charge in [0.05, 0.1) is 5.60 Å². The molecule has 1 atom stereocenters. The van der Waals surface area contributed by atoms with Crippen LogP contribution >= 0.6 is 0 Å². The molecule has 1 N–H and O–H groups in total. The molecule has 2 rings (SSSR count). The molecule has 13 heavy (non-hydrogen) atoms. The van der Waals surface area contributed by atoms with Crippen LogP contribution in [-0.2, 0) is 4.74 Å². The zero-order valence-electron chi connectivity index (χ0n) is 8.08. The standard InChI is InChI=1S/C9H15N3O/c1-9(13-2)3-6-12(7-9)8-10-4-5-11-8/h4-5H,3,6-7H2,1-2H3,(H,10,11). The summed E-state index contributed by atoms with van der Waals surface area (Å²) in [6.45, 7) is 4.06. The van der Waals surface area contributed by atoms with Crippen LogP contribution in [0.2, 0.25) is 0 Å². The lowest BCUT2D eigenvalue weighted by Crippen LogP contribution is -2.32. The van der Waals surface area contributed by atoms with Gasteiger partial charge in [0.2, 0.25) is 5.95 Å². The summed E-state index contributed by atoms with van der Waals surface area (Å²) in [4.78, 5) is 9.52. The predicted molar refractivity (Wildman–Crippen MR) is 50.8 cm³/mol. The monoisotopic (exact) mass is 181 g/mol. The minimum atomic E-state index is -0.00715. The van der Waals surface area contributed by atoms with Gasteiger partial charge in [-0.3, -0.25) is 0 Å². The highest BCUT2D eigenvalue weighted by Gasteiger charge is 2.34. The molecule has 4 nitrogen and oxygen atoms in total. The Morgan fingerprint density at radius 1 is 1.69 bits per heavy atom. The van der Waals surface area contributed by atoms with Crippen molar-refractivity contribution in [1.29, 1.82) is 0 Å². The number of hydrogen-bond acceptors (Lipinski definition) is 3. The van der Waals surface area contributed by atoms with Crippen LogP contribution in [0, 0.1) is 0 Å². The van der Waals surface area contributed by atoms with Gasteiger partial charge in [-0.15, -0.1) is 0 Å². The summed E-state index contributed by atoms with van der Waals surface area (Å²) in [5.74, 6) is 0.945. The number of imidazole rings is 1. The van der Waals surface area contributed by atoms with Gasteiger partial charge in [-0.2, -0.15) is 0 Å². The van der Waals surface area contributed by atoms with E-state index in [1.54, 1.807) is 13.3 Å². The van der Waals surface area contributed by atoms with E-state index in [9.17, 15) is 0 Å². The second kappa shape index (κ2) is 3.03. The quantitative estimate of drug-likeness (QED) is 0.740. The van der Waals surface area contributed by atoms with E-state index in [1.165, 1.54) is 0 Å². The van der Waals surface area contributed by atoms with E-state index in [2.05, 4.69) is 21.8 Å². The number of methoxy groups -OCH3 is 1. The highest BCUT2D eigenvalue weighted by Crippen LogP contribution is 2.26. The number of hydrogen-bond donors (Lipinski definition) is 1. The van der Waals surface area contributed by atoms with Crippen molar-refractivity contribution >= 4 is 5.95 Å². The third-order valence-electron chi connectivity index (χ3n) is 2.71. The molecular weight excluding hydrogens is 166 g/mol. The van der Waals surface area contributed by atoms with Gasteiger partial charge in [-0.25, -0.2) is 4.98 Å². The Kier molecular flexibility index (Phi) is 2.00. The van der Waals surface area contributed by atoms with Crippen LogP contribution in [0.25, 0.3) is 0 Å². The Labute approximate surface area is 77.9 Å². The normalized spacial score (nSPS) is 28.3. The topological polar surface area (TPSA) is 41.1 Å². The van der Waals surface area contributed by atoms with Gasteiger partial charge in [0.1, 0.15) is 0 Å². The minimum absolute atomic E-state index is 0.00715. The first-order chi connectivity index (χ1) is 6.23. The number of rotatable bonds is 2. The minimum Gasteiger partial charge on any atom is -0.377 e. The second-order valence-corrected chi connectivity index (χ2v) is 3.74. The lowest BCUT2D eigenvalue weighted by molar-refractivity contribution is 0.0256. The van der Waals surface area contributed by atoms with Crippen molar-refractivity contribution in [2.24, 2.45) is 0 Å². The molecule has 1 aromatic heterocycles. The largest absolute Gasteiger partial charge is 0.377 e. The third kappa shape index (κ3) is 1.54. The van der Waals surface area contributed by atoms with Crippen LogP contribution in [-0.4, -0.2) is 35.8 Å². The molecule has 0 radical (unpaired) electrons. The molecular formula is C9H15N3O. The summed E-state index contributed by atoms with van der Waals surface area (Å²) in [7, 11) is 1.77. The molecule has 1 aliphatic heterocycles. The van der Waals surface area contributed by atoms with E-state index in [0.717, 1.165) is 25.5 Å². The number of anilines is 1. The highest BCUT2D eigenvalue weighted by atomic mass is 16.5. The highest BCUT2D eigenvalue weighted by molar-refractivity contribution is 5.32. The smallest absolute Gasteiger partial charge is 0.202 e. The van der Waals surface area contributed by atoms with Crippen molar-refractivity contribution in [3.63, 3.8) is 0 Å². The van der Waals surface area contributed by atoms with Gasteiger partial charge in [-0.05, 0) is 13.3 Å². The molecule has 0 saturated carbocycles. The van der Waals surface area contributed by atoms with E-state index >= 15 is 0 Å². The Morgan fingerprint density at radius 3 is 3.08 bits per heavy atom. The van der Waals surface area contributed by atoms with E-state index in [1.807, 2.05) is 6.20 Å². The van der Waals surface area contributed by atoms with Gasteiger partial charge >= 0.3 is 0 Å². The van der Waals surface area contributed by atoms with Crippen LogP contribution in [0.5, 0.6) is 0 Å². The van der Waals surface area contributed by atoms with Gasteiger partial charge in [0.15, 0.2) is 0 Å². The third-order valence-corrected chi connectivity index (χ3v) is 2.71. The molecule has 0 aliphatic carbocycles. The summed E-state index contributed by atoms with van der Waals surface area (Å²) < 4.78 is 5.44. The van der Waals surface area contributed by atoms with Crippen molar-refractivity contribution in [1.82, 2.24) is 9.97 Å². The lowest BCUT2D eigenvalue weighted by atomic mass is 10.1. The number of nitrogens with zero attached hydrogens (tertiary/aromatic N) is 2. The summed E-state index contributed by atoms with van der Waals surface area (Å²) in [5.41, 5.74) is -0.00715. The first-order valence-corrected chi connectivity index (χ1v) is 4.53. The molecule has 0 bridgehead atoms. The van der Waals surface area contributed by atoms with Crippen LogP contribution in [0.15, 0.2) is 12.4 Å². The molecule has 1 aromatic rings. The molecule has 0 spiro atoms. The number of H-pyrrole nitrogens is 1. The van der Waals surface area contributed by atoms with E-state index in [0.29, 0.717) is 0 Å². The van der Waals surface area contributed by atoms with E-state index in [4.69, 9.17) is 4.74 Å². The Hall–Kier alpha value is -1.03. The van der Waals surface area contributed by atoms with Gasteiger partial charge < -0.3 is 14.6 Å². The van der Waals surface area contributed by atoms with Gasteiger partial charge in [0, 0.05) is 32.6 Å². The fourth-order valence-electron chi connectivity index (χ4n) is 1.71. The number of ether oxygens (including phenoxy) is 1.